The maximum Gasteiger partial charge on any atom is 0.156 e. The van der Waals surface area contributed by atoms with Crippen molar-refractivity contribution in [1.29, 1.82) is 0 Å². The first-order chi connectivity index (χ1) is 11.8. The van der Waals surface area contributed by atoms with Crippen molar-refractivity contribution < 1.29 is 4.42 Å². The molecule has 0 saturated carbocycles. The zero-order chi connectivity index (χ0) is 16.4. The summed E-state index contributed by atoms with van der Waals surface area (Å²) in [6.45, 7) is 2.42. The highest BCUT2D eigenvalue weighted by atomic mass is 16.3. The number of furan rings is 1. The summed E-state index contributed by atoms with van der Waals surface area (Å²) in [5, 5.41) is 13.3. The Kier molecular flexibility index (Phi) is 3.88. The molecule has 4 rings (SSSR count). The highest BCUT2D eigenvalue weighted by molar-refractivity contribution is 5.82. The molecule has 6 nitrogen and oxygen atoms in total. The molecule has 0 aliphatic heterocycles. The van der Waals surface area contributed by atoms with E-state index in [-0.39, 0.29) is 0 Å². The van der Waals surface area contributed by atoms with Crippen LogP contribution in [0.15, 0.2) is 59.4 Å². The molecule has 122 valence electrons. The highest BCUT2D eigenvalue weighted by Gasteiger charge is 2.14. The third-order valence-corrected chi connectivity index (χ3v) is 3.96. The molecule has 4 aromatic rings. The molecule has 0 aliphatic carbocycles. The van der Waals surface area contributed by atoms with Gasteiger partial charge in [0.2, 0.25) is 0 Å². The summed E-state index contributed by atoms with van der Waals surface area (Å²) < 4.78 is 9.70. The van der Waals surface area contributed by atoms with Crippen molar-refractivity contribution in [2.24, 2.45) is 7.05 Å². The smallest absolute Gasteiger partial charge is 0.156 e. The van der Waals surface area contributed by atoms with Crippen LogP contribution < -0.4 is 5.32 Å². The van der Waals surface area contributed by atoms with E-state index in [0.717, 1.165) is 47.6 Å². The van der Waals surface area contributed by atoms with Gasteiger partial charge >= 0.3 is 0 Å². The van der Waals surface area contributed by atoms with Gasteiger partial charge < -0.3 is 9.73 Å². The van der Waals surface area contributed by atoms with E-state index >= 15 is 0 Å². The summed E-state index contributed by atoms with van der Waals surface area (Å²) in [4.78, 5) is 0. The minimum Gasteiger partial charge on any atom is -0.454 e. The predicted molar refractivity (Wildman–Crippen MR) is 92.3 cm³/mol. The lowest BCUT2D eigenvalue weighted by Crippen LogP contribution is -2.19. The van der Waals surface area contributed by atoms with Crippen molar-refractivity contribution in [3.8, 4) is 11.5 Å². The van der Waals surface area contributed by atoms with Crippen molar-refractivity contribution in [2.75, 3.05) is 6.54 Å². The van der Waals surface area contributed by atoms with Crippen LogP contribution >= 0.6 is 0 Å². The third-order valence-electron chi connectivity index (χ3n) is 3.96. The Hall–Kier alpha value is -2.86. The Bertz CT molecular complexity index is 903. The Balaban J connectivity index is 1.49. The topological polar surface area (TPSA) is 60.8 Å². The van der Waals surface area contributed by atoms with Gasteiger partial charge in [-0.15, -0.1) is 0 Å². The summed E-state index contributed by atoms with van der Waals surface area (Å²) in [6.07, 6.45) is 5.79. The highest BCUT2D eigenvalue weighted by Crippen LogP contribution is 2.28. The van der Waals surface area contributed by atoms with Crippen LogP contribution in [0.4, 0.5) is 0 Å². The first-order valence-corrected chi connectivity index (χ1v) is 7.99. The van der Waals surface area contributed by atoms with Gasteiger partial charge in [0.15, 0.2) is 5.76 Å². The number of aryl methyl sites for hydroxylation is 1. The largest absolute Gasteiger partial charge is 0.454 e. The minimum atomic E-state index is 0.738. The SMILES string of the molecule is Cn1cc(CNCCn2cccn2)c(-c2cc3ccccc3o2)n1. The lowest BCUT2D eigenvalue weighted by molar-refractivity contribution is 0.554. The molecule has 0 fully saturated rings. The van der Waals surface area contributed by atoms with Crippen LogP contribution in [-0.4, -0.2) is 26.1 Å². The van der Waals surface area contributed by atoms with E-state index in [1.807, 2.05) is 65.2 Å². The van der Waals surface area contributed by atoms with Gasteiger partial charge in [-0.1, -0.05) is 18.2 Å². The van der Waals surface area contributed by atoms with Crippen LogP contribution in [0.2, 0.25) is 0 Å². The van der Waals surface area contributed by atoms with Gasteiger partial charge in [0.05, 0.1) is 6.54 Å². The monoisotopic (exact) mass is 321 g/mol. The average Bonchev–Trinajstić information content (AvgIpc) is 3.30. The molecule has 1 N–H and O–H groups in total. The molecule has 1 aromatic carbocycles. The summed E-state index contributed by atoms with van der Waals surface area (Å²) in [6, 6.07) is 12.0. The predicted octanol–water partition coefficient (Wildman–Crippen LogP) is 2.82. The normalized spacial score (nSPS) is 11.4. The first kappa shape index (κ1) is 14.7. The minimum absolute atomic E-state index is 0.738. The standard InChI is InChI=1S/C18H19N5O/c1-22-13-15(12-19-8-10-23-9-4-7-20-23)18(21-22)17-11-14-5-2-3-6-16(14)24-17/h2-7,9,11,13,19H,8,10,12H2,1H3. The molecular formula is C18H19N5O. The number of hydrogen-bond donors (Lipinski definition) is 1. The molecule has 0 bridgehead atoms. The van der Waals surface area contributed by atoms with Crippen molar-refractivity contribution in [2.45, 2.75) is 13.1 Å². The van der Waals surface area contributed by atoms with Crippen molar-refractivity contribution in [1.82, 2.24) is 24.9 Å². The fourth-order valence-corrected chi connectivity index (χ4v) is 2.82. The number of nitrogens with zero attached hydrogens (tertiary/aromatic N) is 4. The van der Waals surface area contributed by atoms with Crippen LogP contribution in [-0.2, 0) is 20.1 Å². The fraction of sp³-hybridized carbons (Fsp3) is 0.222. The van der Waals surface area contributed by atoms with E-state index in [1.165, 1.54) is 0 Å². The summed E-state index contributed by atoms with van der Waals surface area (Å²) in [7, 11) is 1.93. The summed E-state index contributed by atoms with van der Waals surface area (Å²) in [5.74, 6) is 0.806. The Morgan fingerprint density at radius 3 is 2.96 bits per heavy atom. The number of nitrogens with one attached hydrogen (secondary N) is 1. The molecule has 0 spiro atoms. The number of rotatable bonds is 6. The Morgan fingerprint density at radius 1 is 1.21 bits per heavy atom. The third kappa shape index (κ3) is 2.96. The van der Waals surface area contributed by atoms with Gasteiger partial charge in [0.25, 0.3) is 0 Å². The quantitative estimate of drug-likeness (QED) is 0.555. The van der Waals surface area contributed by atoms with Gasteiger partial charge in [0.1, 0.15) is 11.3 Å². The molecule has 24 heavy (non-hydrogen) atoms. The Morgan fingerprint density at radius 2 is 2.12 bits per heavy atom. The van der Waals surface area contributed by atoms with Crippen LogP contribution in [0.25, 0.3) is 22.4 Å². The van der Waals surface area contributed by atoms with Gasteiger partial charge in [0, 0.05) is 49.7 Å². The molecule has 0 aliphatic rings. The van der Waals surface area contributed by atoms with E-state index in [0.29, 0.717) is 0 Å². The van der Waals surface area contributed by atoms with Crippen LogP contribution in [0.1, 0.15) is 5.56 Å². The molecule has 3 heterocycles. The molecule has 3 aromatic heterocycles. The van der Waals surface area contributed by atoms with E-state index in [9.17, 15) is 0 Å². The molecule has 6 heteroatoms. The van der Waals surface area contributed by atoms with E-state index < -0.39 is 0 Å². The van der Waals surface area contributed by atoms with E-state index in [2.05, 4.69) is 15.5 Å². The molecule has 0 unspecified atom stereocenters. The van der Waals surface area contributed by atoms with Crippen LogP contribution in [0.3, 0.4) is 0 Å². The average molecular weight is 321 g/mol. The summed E-state index contributed by atoms with van der Waals surface area (Å²) >= 11 is 0. The lowest BCUT2D eigenvalue weighted by Gasteiger charge is -2.04. The van der Waals surface area contributed by atoms with Crippen LogP contribution in [0.5, 0.6) is 0 Å². The molecular weight excluding hydrogens is 302 g/mol. The zero-order valence-electron chi connectivity index (χ0n) is 13.5. The number of hydrogen-bond acceptors (Lipinski definition) is 4. The fourth-order valence-electron chi connectivity index (χ4n) is 2.82. The van der Waals surface area contributed by atoms with Crippen molar-refractivity contribution >= 4 is 11.0 Å². The second-order valence-corrected chi connectivity index (χ2v) is 5.77. The Labute approximate surface area is 139 Å². The number of benzene rings is 1. The maximum atomic E-state index is 5.96. The maximum absolute atomic E-state index is 5.96. The number of aromatic nitrogens is 4. The second kappa shape index (κ2) is 6.33. The number of para-hydroxylation sites is 1. The van der Waals surface area contributed by atoms with Gasteiger partial charge in [-0.05, 0) is 18.2 Å². The first-order valence-electron chi connectivity index (χ1n) is 7.99. The lowest BCUT2D eigenvalue weighted by atomic mass is 10.2. The van der Waals surface area contributed by atoms with Gasteiger partial charge in [-0.2, -0.15) is 10.2 Å². The summed E-state index contributed by atoms with van der Waals surface area (Å²) in [5.41, 5.74) is 2.90. The molecule has 0 saturated heterocycles. The second-order valence-electron chi connectivity index (χ2n) is 5.77. The number of fused-ring (bicyclic) bond motifs is 1. The van der Waals surface area contributed by atoms with Gasteiger partial charge in [-0.3, -0.25) is 9.36 Å². The molecule has 0 radical (unpaired) electrons. The molecule has 0 atom stereocenters. The van der Waals surface area contributed by atoms with Crippen molar-refractivity contribution in [3.63, 3.8) is 0 Å². The van der Waals surface area contributed by atoms with Gasteiger partial charge in [-0.25, -0.2) is 0 Å². The zero-order valence-corrected chi connectivity index (χ0v) is 13.5. The molecule has 0 amide bonds. The van der Waals surface area contributed by atoms with Crippen LogP contribution in [0, 0.1) is 0 Å². The van der Waals surface area contributed by atoms with E-state index in [1.54, 1.807) is 6.20 Å². The van der Waals surface area contributed by atoms with Crippen molar-refractivity contribution in [3.05, 3.63) is 60.6 Å². The van der Waals surface area contributed by atoms with E-state index in [4.69, 9.17) is 4.42 Å².